The molecule has 7 nitrogen and oxygen atoms in total. The first-order chi connectivity index (χ1) is 11.6. The second-order valence-electron chi connectivity index (χ2n) is 6.90. The first-order valence-corrected chi connectivity index (χ1v) is 8.47. The van der Waals surface area contributed by atoms with Gasteiger partial charge >= 0.3 is 0 Å². The Kier molecular flexibility index (Phi) is 3.65. The Balaban J connectivity index is 1.68. The van der Waals surface area contributed by atoms with Crippen LogP contribution < -0.4 is 0 Å². The molecule has 2 aromatic heterocycles. The highest BCUT2D eigenvalue weighted by Crippen LogP contribution is 2.43. The molecule has 2 aliphatic rings. The van der Waals surface area contributed by atoms with E-state index in [-0.39, 0.29) is 23.7 Å². The van der Waals surface area contributed by atoms with Crippen LogP contribution in [0, 0.1) is 0 Å². The van der Waals surface area contributed by atoms with E-state index in [1.807, 2.05) is 28.9 Å². The van der Waals surface area contributed by atoms with E-state index in [2.05, 4.69) is 5.10 Å². The van der Waals surface area contributed by atoms with Crippen molar-refractivity contribution in [1.29, 1.82) is 0 Å². The summed E-state index contributed by atoms with van der Waals surface area (Å²) in [5, 5.41) is 4.30. The molecule has 0 bridgehead atoms. The maximum absolute atomic E-state index is 13.2. The Labute approximate surface area is 141 Å². The molecular weight excluding hydrogens is 308 g/mol. The molecule has 1 aliphatic heterocycles. The molecule has 0 radical (unpaired) electrons. The SMILES string of the molecule is CO[C@H]1CC[C@@]2(OC)CCN(C(=O)c3cnn4ccn(C)c34)[C@H]2C1. The van der Waals surface area contributed by atoms with Crippen LogP contribution in [0.3, 0.4) is 0 Å². The van der Waals surface area contributed by atoms with Crippen molar-refractivity contribution < 1.29 is 14.3 Å². The number of aromatic nitrogens is 3. The van der Waals surface area contributed by atoms with Crippen LogP contribution >= 0.6 is 0 Å². The average molecular weight is 332 g/mol. The quantitative estimate of drug-likeness (QED) is 0.854. The third-order valence-corrected chi connectivity index (χ3v) is 5.90. The van der Waals surface area contributed by atoms with Gasteiger partial charge in [0.1, 0.15) is 11.2 Å². The van der Waals surface area contributed by atoms with Gasteiger partial charge in [-0.15, -0.1) is 0 Å². The molecule has 1 saturated heterocycles. The second-order valence-corrected chi connectivity index (χ2v) is 6.90. The number of aryl methyl sites for hydroxylation is 1. The van der Waals surface area contributed by atoms with E-state index >= 15 is 0 Å². The Hall–Kier alpha value is -1.86. The lowest BCUT2D eigenvalue weighted by Crippen LogP contribution is -2.53. The smallest absolute Gasteiger partial charge is 0.259 e. The lowest BCUT2D eigenvalue weighted by Gasteiger charge is -2.43. The van der Waals surface area contributed by atoms with Crippen LogP contribution in [0.25, 0.3) is 5.65 Å². The third kappa shape index (κ3) is 2.11. The van der Waals surface area contributed by atoms with Gasteiger partial charge in [-0.25, -0.2) is 4.52 Å². The van der Waals surface area contributed by atoms with Crippen molar-refractivity contribution in [2.75, 3.05) is 20.8 Å². The van der Waals surface area contributed by atoms with Crippen molar-refractivity contribution in [3.8, 4) is 0 Å². The number of amides is 1. The number of hydrogen-bond acceptors (Lipinski definition) is 4. The summed E-state index contributed by atoms with van der Waals surface area (Å²) in [6.07, 6.45) is 9.25. The minimum absolute atomic E-state index is 0.0347. The predicted molar refractivity (Wildman–Crippen MR) is 88.0 cm³/mol. The average Bonchev–Trinajstić information content (AvgIpc) is 3.28. The Morgan fingerprint density at radius 3 is 2.92 bits per heavy atom. The molecule has 0 spiro atoms. The number of carbonyl (C=O) groups excluding carboxylic acids is 1. The highest BCUT2D eigenvalue weighted by atomic mass is 16.5. The van der Waals surface area contributed by atoms with E-state index in [1.165, 1.54) is 0 Å². The summed E-state index contributed by atoms with van der Waals surface area (Å²) in [6, 6.07) is 0.0592. The number of methoxy groups -OCH3 is 2. The van der Waals surface area contributed by atoms with Gasteiger partial charge in [-0.05, 0) is 25.7 Å². The molecule has 130 valence electrons. The van der Waals surface area contributed by atoms with Crippen LogP contribution in [0.15, 0.2) is 18.6 Å². The van der Waals surface area contributed by atoms with Crippen LogP contribution in [0.5, 0.6) is 0 Å². The van der Waals surface area contributed by atoms with E-state index in [9.17, 15) is 4.79 Å². The predicted octanol–water partition coefficient (Wildman–Crippen LogP) is 1.47. The number of likely N-dealkylation sites (tertiary alicyclic amines) is 1. The van der Waals surface area contributed by atoms with E-state index in [4.69, 9.17) is 9.47 Å². The number of carbonyl (C=O) groups is 1. The van der Waals surface area contributed by atoms with Gasteiger partial charge in [0, 0.05) is 40.2 Å². The zero-order valence-electron chi connectivity index (χ0n) is 14.4. The van der Waals surface area contributed by atoms with Crippen LogP contribution in [0.4, 0.5) is 0 Å². The first-order valence-electron chi connectivity index (χ1n) is 8.47. The first kappa shape index (κ1) is 15.7. The standard InChI is InChI=1S/C17H24N4O3/c1-19-8-9-21-15(19)13(11-18-21)16(22)20-7-6-17(24-3)5-4-12(23-2)10-14(17)20/h8-9,11-12,14H,4-7,10H2,1-3H3/t12-,14-,17+/m0/s1. The van der Waals surface area contributed by atoms with Crippen LogP contribution in [-0.4, -0.2) is 63.5 Å². The number of ether oxygens (including phenoxy) is 2. The fraction of sp³-hybridized carbons (Fsp3) is 0.647. The summed E-state index contributed by atoms with van der Waals surface area (Å²) in [6.45, 7) is 0.718. The molecule has 3 atom stereocenters. The lowest BCUT2D eigenvalue weighted by atomic mass is 9.79. The van der Waals surface area contributed by atoms with E-state index < -0.39 is 0 Å². The summed E-state index contributed by atoms with van der Waals surface area (Å²) in [7, 11) is 5.44. The summed E-state index contributed by atoms with van der Waals surface area (Å²) in [5.74, 6) is 0.0347. The van der Waals surface area contributed by atoms with Crippen LogP contribution in [0.1, 0.15) is 36.0 Å². The monoisotopic (exact) mass is 332 g/mol. The molecule has 24 heavy (non-hydrogen) atoms. The van der Waals surface area contributed by atoms with Crippen molar-refractivity contribution in [2.24, 2.45) is 7.05 Å². The van der Waals surface area contributed by atoms with E-state index in [0.29, 0.717) is 5.56 Å². The molecule has 1 amide bonds. The van der Waals surface area contributed by atoms with Crippen molar-refractivity contribution >= 4 is 11.6 Å². The Bertz CT molecular complexity index is 767. The lowest BCUT2D eigenvalue weighted by molar-refractivity contribution is -0.0893. The van der Waals surface area contributed by atoms with Crippen LogP contribution in [0.2, 0.25) is 0 Å². The van der Waals surface area contributed by atoms with Crippen molar-refractivity contribution in [3.63, 3.8) is 0 Å². The third-order valence-electron chi connectivity index (χ3n) is 5.90. The molecule has 3 heterocycles. The Morgan fingerprint density at radius 2 is 2.17 bits per heavy atom. The molecule has 0 aromatic carbocycles. The number of nitrogens with zero attached hydrogens (tertiary/aromatic N) is 4. The molecule has 1 saturated carbocycles. The van der Waals surface area contributed by atoms with Gasteiger partial charge in [-0.3, -0.25) is 4.79 Å². The van der Waals surface area contributed by atoms with Crippen molar-refractivity contribution in [3.05, 3.63) is 24.2 Å². The fourth-order valence-corrected chi connectivity index (χ4v) is 4.48. The number of rotatable bonds is 3. The summed E-state index contributed by atoms with van der Waals surface area (Å²) in [5.41, 5.74) is 1.24. The molecule has 7 heteroatoms. The minimum Gasteiger partial charge on any atom is -0.381 e. The Morgan fingerprint density at radius 1 is 1.33 bits per heavy atom. The van der Waals surface area contributed by atoms with Crippen LogP contribution in [-0.2, 0) is 16.5 Å². The second kappa shape index (κ2) is 5.60. The maximum atomic E-state index is 13.2. The summed E-state index contributed by atoms with van der Waals surface area (Å²) >= 11 is 0. The summed E-state index contributed by atoms with van der Waals surface area (Å²) in [4.78, 5) is 15.2. The molecule has 0 unspecified atom stereocenters. The highest BCUT2D eigenvalue weighted by Gasteiger charge is 2.53. The fourth-order valence-electron chi connectivity index (χ4n) is 4.48. The molecular formula is C17H24N4O3. The van der Waals surface area contributed by atoms with Gasteiger partial charge < -0.3 is 18.9 Å². The summed E-state index contributed by atoms with van der Waals surface area (Å²) < 4.78 is 15.2. The minimum atomic E-state index is -0.231. The maximum Gasteiger partial charge on any atom is 0.259 e. The van der Waals surface area contributed by atoms with Gasteiger partial charge in [0.15, 0.2) is 0 Å². The van der Waals surface area contributed by atoms with Crippen molar-refractivity contribution in [2.45, 2.75) is 43.4 Å². The normalized spacial score (nSPS) is 30.0. The van der Waals surface area contributed by atoms with Crippen molar-refractivity contribution in [1.82, 2.24) is 19.1 Å². The molecule has 0 N–H and O–H groups in total. The zero-order valence-corrected chi connectivity index (χ0v) is 14.4. The molecule has 2 fully saturated rings. The number of imidazole rings is 1. The topological polar surface area (TPSA) is 61.0 Å². The molecule has 4 rings (SSSR count). The largest absolute Gasteiger partial charge is 0.381 e. The number of hydrogen-bond donors (Lipinski definition) is 0. The molecule has 1 aliphatic carbocycles. The van der Waals surface area contributed by atoms with Gasteiger partial charge in [-0.1, -0.05) is 0 Å². The molecule has 2 aromatic rings. The van der Waals surface area contributed by atoms with E-state index in [1.54, 1.807) is 24.9 Å². The zero-order chi connectivity index (χ0) is 16.9. The highest BCUT2D eigenvalue weighted by molar-refractivity contribution is 6.00. The van der Waals surface area contributed by atoms with Gasteiger partial charge in [0.05, 0.1) is 23.9 Å². The van der Waals surface area contributed by atoms with Gasteiger partial charge in [-0.2, -0.15) is 5.10 Å². The van der Waals surface area contributed by atoms with E-state index in [0.717, 1.165) is 37.9 Å². The van der Waals surface area contributed by atoms with Gasteiger partial charge in [0.2, 0.25) is 0 Å². The van der Waals surface area contributed by atoms with Gasteiger partial charge in [0.25, 0.3) is 5.91 Å². The number of fused-ring (bicyclic) bond motifs is 2.